The number of carbonyl (C=O) groups excluding carboxylic acids is 1. The van der Waals surface area contributed by atoms with Gasteiger partial charge >= 0.3 is 0 Å². The van der Waals surface area contributed by atoms with Crippen molar-refractivity contribution < 1.29 is 13.2 Å². The summed E-state index contributed by atoms with van der Waals surface area (Å²) >= 11 is 6.06. The molecule has 0 saturated carbocycles. The molecule has 0 unspecified atom stereocenters. The third-order valence-corrected chi connectivity index (χ3v) is 6.70. The molecule has 27 heavy (non-hydrogen) atoms. The molecule has 1 heterocycles. The Morgan fingerprint density at radius 2 is 1.63 bits per heavy atom. The summed E-state index contributed by atoms with van der Waals surface area (Å²) in [4.78, 5) is 14.5. The monoisotopic (exact) mass is 406 g/mol. The van der Waals surface area contributed by atoms with Crippen LogP contribution in [0.5, 0.6) is 0 Å². The van der Waals surface area contributed by atoms with Gasteiger partial charge in [-0.05, 0) is 80.6 Å². The van der Waals surface area contributed by atoms with E-state index < -0.39 is 10.0 Å². The number of aryl methyl sites for hydroxylation is 2. The van der Waals surface area contributed by atoms with Gasteiger partial charge in [-0.2, -0.15) is 0 Å². The lowest BCUT2D eigenvalue weighted by atomic mass is 10.1. The molecule has 1 N–H and O–H groups in total. The van der Waals surface area contributed by atoms with Crippen LogP contribution in [0.4, 0.5) is 5.69 Å². The third kappa shape index (κ3) is 4.45. The van der Waals surface area contributed by atoms with Gasteiger partial charge in [-0.25, -0.2) is 8.42 Å². The van der Waals surface area contributed by atoms with Gasteiger partial charge in [-0.1, -0.05) is 11.6 Å². The standard InChI is InChI=1S/C20H23ClN2O3S/c1-14-13-19(15(2)12-18(14)21)27(25,26)22-17-8-6-16(7-9-17)20(24)23-10-4-3-5-11-23/h6-9,12-13,22H,3-5,10-11H2,1-2H3. The average molecular weight is 407 g/mol. The molecule has 0 atom stereocenters. The molecule has 1 aliphatic heterocycles. The molecule has 0 bridgehead atoms. The van der Waals surface area contributed by atoms with E-state index in [4.69, 9.17) is 11.6 Å². The van der Waals surface area contributed by atoms with E-state index in [1.54, 1.807) is 50.2 Å². The van der Waals surface area contributed by atoms with Crippen LogP contribution < -0.4 is 4.72 Å². The summed E-state index contributed by atoms with van der Waals surface area (Å²) in [5.74, 6) is -0.00622. The van der Waals surface area contributed by atoms with Crippen LogP contribution >= 0.6 is 11.6 Å². The topological polar surface area (TPSA) is 66.5 Å². The first-order valence-corrected chi connectivity index (χ1v) is 10.8. The van der Waals surface area contributed by atoms with Crippen LogP contribution in [0.1, 0.15) is 40.7 Å². The highest BCUT2D eigenvalue weighted by Crippen LogP contribution is 2.26. The Hall–Kier alpha value is -2.05. The summed E-state index contributed by atoms with van der Waals surface area (Å²) in [6.07, 6.45) is 3.22. The number of sulfonamides is 1. The number of benzene rings is 2. The molecule has 5 nitrogen and oxygen atoms in total. The third-order valence-electron chi connectivity index (χ3n) is 4.77. The summed E-state index contributed by atoms with van der Waals surface area (Å²) in [5, 5.41) is 0.534. The number of rotatable bonds is 4. The van der Waals surface area contributed by atoms with Crippen LogP contribution in [0.25, 0.3) is 0 Å². The lowest BCUT2D eigenvalue weighted by Crippen LogP contribution is -2.35. The van der Waals surface area contributed by atoms with Crippen LogP contribution in [0.15, 0.2) is 41.3 Å². The number of nitrogens with zero attached hydrogens (tertiary/aromatic N) is 1. The van der Waals surface area contributed by atoms with Gasteiger partial charge in [0, 0.05) is 29.4 Å². The van der Waals surface area contributed by atoms with Gasteiger partial charge in [-0.3, -0.25) is 9.52 Å². The van der Waals surface area contributed by atoms with Crippen LogP contribution in [-0.2, 0) is 10.0 Å². The molecule has 1 fully saturated rings. The van der Waals surface area contributed by atoms with Crippen LogP contribution in [0, 0.1) is 13.8 Å². The second-order valence-electron chi connectivity index (χ2n) is 6.90. The van der Waals surface area contributed by atoms with Crippen molar-refractivity contribution in [2.24, 2.45) is 0 Å². The maximum Gasteiger partial charge on any atom is 0.262 e. The summed E-state index contributed by atoms with van der Waals surface area (Å²) in [5.41, 5.74) is 2.26. The van der Waals surface area contributed by atoms with Crippen molar-refractivity contribution in [1.29, 1.82) is 0 Å². The van der Waals surface area contributed by atoms with Crippen molar-refractivity contribution in [3.63, 3.8) is 0 Å². The Kier molecular flexibility index (Phi) is 5.77. The Labute approximate surface area is 165 Å². The maximum absolute atomic E-state index is 12.7. The van der Waals surface area contributed by atoms with E-state index >= 15 is 0 Å². The average Bonchev–Trinajstić information content (AvgIpc) is 2.65. The lowest BCUT2D eigenvalue weighted by molar-refractivity contribution is 0.0724. The minimum absolute atomic E-state index is 0.00622. The zero-order valence-corrected chi connectivity index (χ0v) is 17.0. The van der Waals surface area contributed by atoms with Gasteiger partial charge in [0.1, 0.15) is 0 Å². The minimum atomic E-state index is -3.74. The second-order valence-corrected chi connectivity index (χ2v) is 8.96. The fourth-order valence-corrected chi connectivity index (χ4v) is 4.80. The largest absolute Gasteiger partial charge is 0.339 e. The van der Waals surface area contributed by atoms with Crippen molar-refractivity contribution in [3.8, 4) is 0 Å². The number of amides is 1. The summed E-state index contributed by atoms with van der Waals surface area (Å²) in [7, 11) is -3.74. The zero-order valence-electron chi connectivity index (χ0n) is 15.5. The van der Waals surface area contributed by atoms with Gasteiger partial charge in [0.15, 0.2) is 0 Å². The molecule has 0 radical (unpaired) electrons. The summed E-state index contributed by atoms with van der Waals surface area (Å²) in [6.45, 7) is 5.03. The SMILES string of the molecule is Cc1cc(S(=O)(=O)Nc2ccc(C(=O)N3CCCCC3)cc2)c(C)cc1Cl. The maximum atomic E-state index is 12.7. The number of hydrogen-bond acceptors (Lipinski definition) is 3. The molecule has 0 aromatic heterocycles. The van der Waals surface area contributed by atoms with Crippen molar-refractivity contribution in [2.45, 2.75) is 38.0 Å². The number of likely N-dealkylation sites (tertiary alicyclic amines) is 1. The van der Waals surface area contributed by atoms with Gasteiger partial charge in [0.2, 0.25) is 0 Å². The normalized spacial score (nSPS) is 14.9. The molecule has 0 aliphatic carbocycles. The number of halogens is 1. The number of hydrogen-bond donors (Lipinski definition) is 1. The van der Waals surface area contributed by atoms with Crippen molar-refractivity contribution in [2.75, 3.05) is 17.8 Å². The van der Waals surface area contributed by atoms with Crippen LogP contribution in [0.3, 0.4) is 0 Å². The Morgan fingerprint density at radius 1 is 1.00 bits per heavy atom. The van der Waals surface area contributed by atoms with E-state index in [1.165, 1.54) is 0 Å². The van der Waals surface area contributed by atoms with Gasteiger partial charge < -0.3 is 4.90 Å². The molecule has 0 spiro atoms. The van der Waals surface area contributed by atoms with E-state index in [9.17, 15) is 13.2 Å². The first-order chi connectivity index (χ1) is 12.8. The summed E-state index contributed by atoms with van der Waals surface area (Å²) < 4.78 is 28.0. The molecule has 2 aromatic rings. The van der Waals surface area contributed by atoms with E-state index in [-0.39, 0.29) is 10.8 Å². The van der Waals surface area contributed by atoms with Gasteiger partial charge in [0.25, 0.3) is 15.9 Å². The molecule has 2 aromatic carbocycles. The molecular weight excluding hydrogens is 384 g/mol. The second kappa shape index (κ2) is 7.90. The Balaban J connectivity index is 1.78. The predicted molar refractivity (Wildman–Crippen MR) is 108 cm³/mol. The number of anilines is 1. The number of nitrogens with one attached hydrogen (secondary N) is 1. The Bertz CT molecular complexity index is 950. The highest BCUT2D eigenvalue weighted by atomic mass is 35.5. The van der Waals surface area contributed by atoms with E-state index in [2.05, 4.69) is 4.72 Å². The molecule has 1 aliphatic rings. The molecule has 144 valence electrons. The highest BCUT2D eigenvalue weighted by molar-refractivity contribution is 7.92. The van der Waals surface area contributed by atoms with Crippen LogP contribution in [-0.4, -0.2) is 32.3 Å². The Morgan fingerprint density at radius 3 is 2.26 bits per heavy atom. The fourth-order valence-electron chi connectivity index (χ4n) is 3.21. The first kappa shape index (κ1) is 19.7. The summed E-state index contributed by atoms with van der Waals surface area (Å²) in [6, 6.07) is 9.77. The smallest absolute Gasteiger partial charge is 0.262 e. The molecule has 1 amide bonds. The van der Waals surface area contributed by atoms with Crippen molar-refractivity contribution in [3.05, 3.63) is 58.1 Å². The number of carbonyl (C=O) groups is 1. The molecule has 7 heteroatoms. The number of piperidine rings is 1. The van der Waals surface area contributed by atoms with Crippen molar-refractivity contribution in [1.82, 2.24) is 4.90 Å². The minimum Gasteiger partial charge on any atom is -0.339 e. The first-order valence-electron chi connectivity index (χ1n) is 8.97. The predicted octanol–water partition coefficient (Wildman–Crippen LogP) is 4.38. The fraction of sp³-hybridized carbons (Fsp3) is 0.350. The van der Waals surface area contributed by atoms with E-state index in [0.717, 1.165) is 32.4 Å². The van der Waals surface area contributed by atoms with Crippen LogP contribution in [0.2, 0.25) is 5.02 Å². The van der Waals surface area contributed by atoms with E-state index in [1.807, 2.05) is 4.90 Å². The quantitative estimate of drug-likeness (QED) is 0.819. The molecule has 1 saturated heterocycles. The molecular formula is C20H23ClN2O3S. The highest BCUT2D eigenvalue weighted by Gasteiger charge is 2.20. The van der Waals surface area contributed by atoms with Crippen molar-refractivity contribution >= 4 is 33.2 Å². The van der Waals surface area contributed by atoms with Gasteiger partial charge in [-0.15, -0.1) is 0 Å². The zero-order chi connectivity index (χ0) is 19.6. The lowest BCUT2D eigenvalue weighted by Gasteiger charge is -2.26. The molecule has 3 rings (SSSR count). The van der Waals surface area contributed by atoms with Gasteiger partial charge in [0.05, 0.1) is 4.90 Å². The van der Waals surface area contributed by atoms with E-state index in [0.29, 0.717) is 27.4 Å².